The van der Waals surface area contributed by atoms with Crippen LogP contribution in [0.25, 0.3) is 0 Å². The van der Waals surface area contributed by atoms with Gasteiger partial charge in [-0.15, -0.1) is 4.68 Å². The van der Waals surface area contributed by atoms with Gasteiger partial charge in [0.05, 0.1) is 25.9 Å². The summed E-state index contributed by atoms with van der Waals surface area (Å²) in [4.78, 5) is 25.3. The lowest BCUT2D eigenvalue weighted by atomic mass is 10.0. The second kappa shape index (κ2) is 6.24. The number of nitrogens with one attached hydrogen (secondary N) is 2. The molecule has 140 valence electrons. The van der Waals surface area contributed by atoms with Gasteiger partial charge in [0, 0.05) is 17.1 Å². The molecule has 0 spiro atoms. The number of ether oxygens (including phenoxy) is 1. The van der Waals surface area contributed by atoms with Crippen molar-refractivity contribution in [3.63, 3.8) is 0 Å². The van der Waals surface area contributed by atoms with Crippen LogP contribution in [0.4, 0.5) is 10.6 Å². The maximum atomic E-state index is 13.0. The Morgan fingerprint density at radius 3 is 2.48 bits per heavy atom. The molecule has 0 saturated carbocycles. The van der Waals surface area contributed by atoms with Crippen molar-refractivity contribution < 1.29 is 14.3 Å². The first-order valence-electron chi connectivity index (χ1n) is 8.69. The van der Waals surface area contributed by atoms with Gasteiger partial charge in [-0.2, -0.15) is 5.10 Å². The van der Waals surface area contributed by atoms with E-state index in [1.807, 2.05) is 27.7 Å². The van der Waals surface area contributed by atoms with Gasteiger partial charge in [0.25, 0.3) is 0 Å². The molecule has 2 rings (SSSR count). The fraction of sp³-hybridized carbons (Fsp3) is 0.706. The van der Waals surface area contributed by atoms with Crippen LogP contribution in [0.15, 0.2) is 0 Å². The van der Waals surface area contributed by atoms with E-state index in [-0.39, 0.29) is 18.1 Å². The quantitative estimate of drug-likeness (QED) is 0.799. The van der Waals surface area contributed by atoms with E-state index in [9.17, 15) is 9.59 Å². The highest BCUT2D eigenvalue weighted by molar-refractivity contribution is 6.82. The van der Waals surface area contributed by atoms with Gasteiger partial charge in [-0.3, -0.25) is 4.79 Å². The van der Waals surface area contributed by atoms with Crippen LogP contribution in [0.5, 0.6) is 0 Å². The summed E-state index contributed by atoms with van der Waals surface area (Å²) < 4.78 is 6.30. The summed E-state index contributed by atoms with van der Waals surface area (Å²) in [5.41, 5.74) is 1.25. The molecule has 0 saturated heterocycles. The molecule has 0 fully saturated rings. The minimum Gasteiger partial charge on any atom is -0.448 e. The summed E-state index contributed by atoms with van der Waals surface area (Å²) in [5.74, 6) is 0.326. The summed E-state index contributed by atoms with van der Waals surface area (Å²) in [6, 6.07) is 0. The molecule has 0 aromatic carbocycles. The fourth-order valence-corrected chi connectivity index (χ4v) is 3.31. The molecule has 0 atom stereocenters. The van der Waals surface area contributed by atoms with E-state index in [0.717, 1.165) is 11.3 Å². The standard InChI is InChI=1S/C17H30N4O3Si/c1-9-24-15(23)21-13(11-10-18-16(2,3)12(11)20-21)19-14(22)17(4,5)25(6,7)8/h18H,9-10H2,1-8H3,(H,19,22). The van der Waals surface area contributed by atoms with Gasteiger partial charge < -0.3 is 15.4 Å². The third-order valence-electron chi connectivity index (χ3n) is 5.40. The van der Waals surface area contributed by atoms with Crippen LogP contribution in [0.2, 0.25) is 24.7 Å². The number of carbonyl (C=O) groups excluding carboxylic acids is 2. The SMILES string of the molecule is CCOC(=O)n1nc2c(c1NC(=O)C(C)(C)[Si](C)(C)C)CNC2(C)C. The number of rotatable bonds is 4. The topological polar surface area (TPSA) is 85.2 Å². The van der Waals surface area contributed by atoms with Crippen LogP contribution < -0.4 is 10.6 Å². The van der Waals surface area contributed by atoms with Crippen LogP contribution in [0.1, 0.15) is 45.9 Å². The predicted octanol–water partition coefficient (Wildman–Crippen LogP) is 3.28. The average Bonchev–Trinajstić information content (AvgIpc) is 2.97. The van der Waals surface area contributed by atoms with E-state index in [1.165, 1.54) is 4.68 Å². The van der Waals surface area contributed by atoms with E-state index < -0.39 is 19.2 Å². The maximum Gasteiger partial charge on any atom is 0.436 e. The molecule has 7 nitrogen and oxygen atoms in total. The molecule has 1 aromatic heterocycles. The molecule has 0 radical (unpaired) electrons. The largest absolute Gasteiger partial charge is 0.448 e. The molecule has 1 aliphatic heterocycles. The Hall–Kier alpha value is -1.67. The second-order valence-corrected chi connectivity index (χ2v) is 14.3. The number of anilines is 1. The summed E-state index contributed by atoms with van der Waals surface area (Å²) >= 11 is 0. The number of amides is 1. The third-order valence-corrected chi connectivity index (χ3v) is 9.38. The maximum absolute atomic E-state index is 13.0. The Kier molecular flexibility index (Phi) is 4.91. The van der Waals surface area contributed by atoms with Gasteiger partial charge in [0.15, 0.2) is 0 Å². The Labute approximate surface area is 150 Å². The zero-order valence-electron chi connectivity index (χ0n) is 16.5. The summed E-state index contributed by atoms with van der Waals surface area (Å²) in [6.45, 7) is 16.9. The number of aromatic nitrogens is 2. The van der Waals surface area contributed by atoms with Crippen LogP contribution in [-0.4, -0.2) is 36.5 Å². The van der Waals surface area contributed by atoms with Gasteiger partial charge in [-0.1, -0.05) is 33.5 Å². The normalized spacial score (nSPS) is 16.5. The van der Waals surface area contributed by atoms with Crippen molar-refractivity contribution >= 4 is 25.9 Å². The Morgan fingerprint density at radius 2 is 1.96 bits per heavy atom. The first-order chi connectivity index (χ1) is 11.3. The molecule has 2 N–H and O–H groups in total. The zero-order valence-corrected chi connectivity index (χ0v) is 17.5. The van der Waals surface area contributed by atoms with E-state index in [1.54, 1.807) is 6.92 Å². The molecular formula is C17H30N4O3Si. The van der Waals surface area contributed by atoms with Gasteiger partial charge in [0.1, 0.15) is 5.82 Å². The van der Waals surface area contributed by atoms with E-state index >= 15 is 0 Å². The van der Waals surface area contributed by atoms with Crippen molar-refractivity contribution in [2.75, 3.05) is 11.9 Å². The number of fused-ring (bicyclic) bond motifs is 1. The van der Waals surface area contributed by atoms with Crippen molar-refractivity contribution in [3.8, 4) is 0 Å². The number of nitrogens with zero attached hydrogens (tertiary/aromatic N) is 2. The highest BCUT2D eigenvalue weighted by Crippen LogP contribution is 2.40. The molecule has 8 heteroatoms. The molecule has 2 heterocycles. The molecule has 1 aliphatic rings. The summed E-state index contributed by atoms with van der Waals surface area (Å²) in [7, 11) is -1.77. The number of hydrogen-bond acceptors (Lipinski definition) is 5. The highest BCUT2D eigenvalue weighted by Gasteiger charge is 2.43. The zero-order chi connectivity index (χ0) is 19.2. The van der Waals surface area contributed by atoms with E-state index in [4.69, 9.17) is 4.74 Å². The first kappa shape index (κ1) is 19.6. The summed E-state index contributed by atoms with van der Waals surface area (Å²) in [6.07, 6.45) is -0.575. The number of hydrogen-bond donors (Lipinski definition) is 2. The van der Waals surface area contributed by atoms with Crippen LogP contribution in [0, 0.1) is 0 Å². The lowest BCUT2D eigenvalue weighted by molar-refractivity contribution is -0.118. The molecular weight excluding hydrogens is 336 g/mol. The number of carbonyl (C=O) groups is 2. The molecule has 0 unspecified atom stereocenters. The third kappa shape index (κ3) is 3.37. The monoisotopic (exact) mass is 366 g/mol. The lowest BCUT2D eigenvalue weighted by Crippen LogP contribution is -2.44. The van der Waals surface area contributed by atoms with Gasteiger partial charge >= 0.3 is 6.09 Å². The van der Waals surface area contributed by atoms with Crippen molar-refractivity contribution in [1.29, 1.82) is 0 Å². The van der Waals surface area contributed by atoms with Crippen LogP contribution in [0.3, 0.4) is 0 Å². The molecule has 25 heavy (non-hydrogen) atoms. The predicted molar refractivity (Wildman–Crippen MR) is 101 cm³/mol. The average molecular weight is 367 g/mol. The van der Waals surface area contributed by atoms with Gasteiger partial charge in [0.2, 0.25) is 5.91 Å². The van der Waals surface area contributed by atoms with Crippen molar-refractivity contribution in [2.24, 2.45) is 0 Å². The van der Waals surface area contributed by atoms with Gasteiger partial charge in [-0.05, 0) is 20.8 Å². The van der Waals surface area contributed by atoms with Gasteiger partial charge in [-0.25, -0.2) is 4.79 Å². The van der Waals surface area contributed by atoms with E-state index in [0.29, 0.717) is 12.4 Å². The van der Waals surface area contributed by atoms with Crippen molar-refractivity contribution in [2.45, 2.75) is 71.4 Å². The fourth-order valence-electron chi connectivity index (χ4n) is 2.56. The van der Waals surface area contributed by atoms with Crippen molar-refractivity contribution in [1.82, 2.24) is 15.1 Å². The van der Waals surface area contributed by atoms with Crippen LogP contribution >= 0.6 is 0 Å². The first-order valence-corrected chi connectivity index (χ1v) is 12.2. The molecule has 0 aliphatic carbocycles. The second-order valence-electron chi connectivity index (χ2n) is 8.59. The Balaban J connectivity index is 2.47. The van der Waals surface area contributed by atoms with E-state index in [2.05, 4.69) is 35.4 Å². The Bertz CT molecular complexity index is 701. The highest BCUT2D eigenvalue weighted by atomic mass is 28.3. The van der Waals surface area contributed by atoms with Crippen molar-refractivity contribution in [3.05, 3.63) is 11.3 Å². The smallest absolute Gasteiger partial charge is 0.436 e. The molecule has 0 bridgehead atoms. The minimum absolute atomic E-state index is 0.0929. The van der Waals surface area contributed by atoms with Crippen LogP contribution in [-0.2, 0) is 21.6 Å². The molecule has 1 amide bonds. The lowest BCUT2D eigenvalue weighted by Gasteiger charge is -2.35. The minimum atomic E-state index is -1.77. The Morgan fingerprint density at radius 1 is 1.36 bits per heavy atom. The molecule has 1 aromatic rings. The summed E-state index contributed by atoms with van der Waals surface area (Å²) in [5, 5.41) is 10.3.